The number of methoxy groups -OCH3 is 1. The number of ether oxygens (including phenoxy) is 1. The first kappa shape index (κ1) is 20.3. The van der Waals surface area contributed by atoms with Gasteiger partial charge < -0.3 is 10.1 Å². The van der Waals surface area contributed by atoms with Gasteiger partial charge in [-0.25, -0.2) is 9.37 Å². The average Bonchev–Trinajstić information content (AvgIpc) is 2.80. The van der Waals surface area contributed by atoms with Gasteiger partial charge in [-0.3, -0.25) is 14.2 Å². The highest BCUT2D eigenvalue weighted by atomic mass is 19.1. The van der Waals surface area contributed by atoms with Gasteiger partial charge >= 0.3 is 0 Å². The van der Waals surface area contributed by atoms with Gasteiger partial charge in [-0.1, -0.05) is 24.3 Å². The highest BCUT2D eigenvalue weighted by Gasteiger charge is 2.16. The zero-order chi connectivity index (χ0) is 21.8. The molecule has 2 aromatic heterocycles. The van der Waals surface area contributed by atoms with E-state index in [1.165, 1.54) is 16.7 Å². The molecule has 156 valence electrons. The Labute approximate surface area is 177 Å². The van der Waals surface area contributed by atoms with Gasteiger partial charge in [0.2, 0.25) is 0 Å². The summed E-state index contributed by atoms with van der Waals surface area (Å²) in [6.07, 6.45) is 1.59. The summed E-state index contributed by atoms with van der Waals surface area (Å²) in [5, 5.41) is 3.46. The Balaban J connectivity index is 1.67. The molecule has 0 aliphatic carbocycles. The number of hydrogen-bond donors (Lipinski definition) is 1. The summed E-state index contributed by atoms with van der Waals surface area (Å²) >= 11 is 0. The fourth-order valence-corrected chi connectivity index (χ4v) is 3.35. The van der Waals surface area contributed by atoms with Crippen molar-refractivity contribution in [1.29, 1.82) is 0 Å². The van der Waals surface area contributed by atoms with E-state index in [1.54, 1.807) is 43.6 Å². The van der Waals surface area contributed by atoms with Gasteiger partial charge in [0.25, 0.3) is 11.5 Å². The Morgan fingerprint density at radius 3 is 2.65 bits per heavy atom. The maximum atomic E-state index is 13.3. The molecule has 1 amide bonds. The smallest absolute Gasteiger partial charge is 0.265 e. The van der Waals surface area contributed by atoms with Crippen molar-refractivity contribution in [2.45, 2.75) is 13.1 Å². The van der Waals surface area contributed by atoms with Crippen LogP contribution in [0.3, 0.4) is 0 Å². The van der Waals surface area contributed by atoms with Crippen molar-refractivity contribution in [2.24, 2.45) is 0 Å². The number of pyridine rings is 2. The number of carbonyl (C=O) groups is 1. The molecule has 0 atom stereocenters. The molecule has 0 radical (unpaired) electrons. The number of nitrogens with one attached hydrogen (secondary N) is 1. The number of carbonyl (C=O) groups excluding carboxylic acids is 1. The van der Waals surface area contributed by atoms with Crippen LogP contribution in [0.15, 0.2) is 77.7 Å². The van der Waals surface area contributed by atoms with Gasteiger partial charge in [0.05, 0.1) is 13.7 Å². The van der Waals surface area contributed by atoms with E-state index < -0.39 is 11.5 Å². The van der Waals surface area contributed by atoms with Crippen LogP contribution in [0.1, 0.15) is 21.5 Å². The molecule has 6 nitrogen and oxygen atoms in total. The fraction of sp³-hybridized carbons (Fsp3) is 0.125. The lowest BCUT2D eigenvalue weighted by Crippen LogP contribution is -2.33. The van der Waals surface area contributed by atoms with E-state index in [4.69, 9.17) is 4.74 Å². The molecule has 0 saturated carbocycles. The Bertz CT molecular complexity index is 1300. The van der Waals surface area contributed by atoms with Crippen LogP contribution in [0.4, 0.5) is 4.39 Å². The quantitative estimate of drug-likeness (QED) is 0.521. The molecule has 4 aromatic rings. The molecular weight excluding hydrogens is 397 g/mol. The molecule has 0 bridgehead atoms. The van der Waals surface area contributed by atoms with Crippen LogP contribution < -0.4 is 15.6 Å². The Hall–Kier alpha value is -4.00. The van der Waals surface area contributed by atoms with Crippen molar-refractivity contribution in [3.8, 4) is 5.75 Å². The summed E-state index contributed by atoms with van der Waals surface area (Å²) in [6.45, 7) is 0.419. The number of halogens is 1. The Kier molecular flexibility index (Phi) is 5.75. The number of benzene rings is 2. The lowest BCUT2D eigenvalue weighted by molar-refractivity contribution is 0.0949. The lowest BCUT2D eigenvalue weighted by Gasteiger charge is -2.13. The summed E-state index contributed by atoms with van der Waals surface area (Å²) < 4.78 is 19.9. The largest absolute Gasteiger partial charge is 0.497 e. The van der Waals surface area contributed by atoms with Crippen molar-refractivity contribution in [3.05, 3.63) is 106 Å². The summed E-state index contributed by atoms with van der Waals surface area (Å²) in [6, 6.07) is 18.3. The maximum absolute atomic E-state index is 13.3. The molecule has 0 spiro atoms. The van der Waals surface area contributed by atoms with Gasteiger partial charge in [-0.15, -0.1) is 0 Å². The van der Waals surface area contributed by atoms with Crippen molar-refractivity contribution >= 4 is 16.9 Å². The highest BCUT2D eigenvalue weighted by molar-refractivity contribution is 5.96. The van der Waals surface area contributed by atoms with Crippen LogP contribution in [0.2, 0.25) is 0 Å². The first-order chi connectivity index (χ1) is 15.0. The van der Waals surface area contributed by atoms with E-state index in [0.29, 0.717) is 16.8 Å². The number of aromatic nitrogens is 2. The van der Waals surface area contributed by atoms with Crippen LogP contribution in [0.25, 0.3) is 11.0 Å². The van der Waals surface area contributed by atoms with Gasteiger partial charge in [0.1, 0.15) is 22.8 Å². The molecular formula is C24H20FN3O3. The van der Waals surface area contributed by atoms with E-state index >= 15 is 0 Å². The van der Waals surface area contributed by atoms with Gasteiger partial charge in [-0.2, -0.15) is 0 Å². The number of fused-ring (bicyclic) bond motifs is 1. The van der Waals surface area contributed by atoms with E-state index in [-0.39, 0.29) is 24.5 Å². The van der Waals surface area contributed by atoms with E-state index in [9.17, 15) is 14.0 Å². The van der Waals surface area contributed by atoms with E-state index in [0.717, 1.165) is 11.1 Å². The Morgan fingerprint density at radius 2 is 1.87 bits per heavy atom. The molecule has 0 fully saturated rings. The van der Waals surface area contributed by atoms with Crippen molar-refractivity contribution in [3.63, 3.8) is 0 Å². The van der Waals surface area contributed by atoms with Crippen LogP contribution in [-0.2, 0) is 13.1 Å². The average molecular weight is 417 g/mol. The zero-order valence-corrected chi connectivity index (χ0v) is 16.8. The number of hydrogen-bond acceptors (Lipinski definition) is 4. The molecule has 0 unspecified atom stereocenters. The minimum atomic E-state index is -0.480. The van der Waals surface area contributed by atoms with Gasteiger partial charge in [0.15, 0.2) is 0 Å². The third-order valence-electron chi connectivity index (χ3n) is 4.93. The molecule has 0 aliphatic rings. The van der Waals surface area contributed by atoms with Crippen LogP contribution in [-0.4, -0.2) is 22.6 Å². The second-order valence-electron chi connectivity index (χ2n) is 7.03. The summed E-state index contributed by atoms with van der Waals surface area (Å²) in [4.78, 5) is 30.3. The van der Waals surface area contributed by atoms with Gasteiger partial charge in [-0.05, 0) is 53.6 Å². The molecule has 2 heterocycles. The second kappa shape index (κ2) is 8.79. The minimum absolute atomic E-state index is 0.0190. The third-order valence-corrected chi connectivity index (χ3v) is 4.93. The molecule has 2 aromatic carbocycles. The summed E-state index contributed by atoms with van der Waals surface area (Å²) in [5.41, 5.74) is 1.59. The molecule has 7 heteroatoms. The highest BCUT2D eigenvalue weighted by Crippen LogP contribution is 2.15. The maximum Gasteiger partial charge on any atom is 0.265 e. The van der Waals surface area contributed by atoms with Crippen LogP contribution in [0.5, 0.6) is 5.75 Å². The minimum Gasteiger partial charge on any atom is -0.497 e. The van der Waals surface area contributed by atoms with Gasteiger partial charge in [0, 0.05) is 18.1 Å². The molecule has 0 saturated heterocycles. The third kappa shape index (κ3) is 4.45. The zero-order valence-electron chi connectivity index (χ0n) is 16.8. The van der Waals surface area contributed by atoms with Crippen LogP contribution in [0, 0.1) is 5.82 Å². The first-order valence-electron chi connectivity index (χ1n) is 9.69. The Morgan fingerprint density at radius 1 is 1.06 bits per heavy atom. The normalized spacial score (nSPS) is 10.8. The topological polar surface area (TPSA) is 73.2 Å². The predicted molar refractivity (Wildman–Crippen MR) is 116 cm³/mol. The molecule has 1 N–H and O–H groups in total. The lowest BCUT2D eigenvalue weighted by atomic mass is 10.1. The SMILES string of the molecule is COc1cccc(CNC(=O)c2cc3cccnc3n(Cc3ccc(F)cc3)c2=O)c1. The summed E-state index contributed by atoms with van der Waals surface area (Å²) in [5.74, 6) is -0.152. The van der Waals surface area contributed by atoms with E-state index in [1.807, 2.05) is 24.3 Å². The van der Waals surface area contributed by atoms with E-state index in [2.05, 4.69) is 10.3 Å². The number of rotatable bonds is 6. The number of amides is 1. The monoisotopic (exact) mass is 417 g/mol. The standard InChI is InChI=1S/C24H20FN3O3/c1-31-20-6-2-4-17(12-20)14-27-23(29)21-13-18-5-3-11-26-22(18)28(24(21)30)15-16-7-9-19(25)10-8-16/h2-13H,14-15H2,1H3,(H,27,29). The first-order valence-corrected chi connectivity index (χ1v) is 9.69. The summed E-state index contributed by atoms with van der Waals surface area (Å²) in [7, 11) is 1.57. The second-order valence-corrected chi connectivity index (χ2v) is 7.03. The van der Waals surface area contributed by atoms with Crippen molar-refractivity contribution in [1.82, 2.24) is 14.9 Å². The predicted octanol–water partition coefficient (Wildman–Crippen LogP) is 3.52. The van der Waals surface area contributed by atoms with Crippen LogP contribution >= 0.6 is 0 Å². The molecule has 0 aliphatic heterocycles. The fourth-order valence-electron chi connectivity index (χ4n) is 3.35. The molecule has 31 heavy (non-hydrogen) atoms. The van der Waals surface area contributed by atoms with Crippen molar-refractivity contribution < 1.29 is 13.9 Å². The number of nitrogens with zero attached hydrogens (tertiary/aromatic N) is 2. The van der Waals surface area contributed by atoms with Crippen molar-refractivity contribution in [2.75, 3.05) is 7.11 Å². The molecule has 4 rings (SSSR count).